The molecule has 9 heteroatoms. The first-order chi connectivity index (χ1) is 11.0. The Balaban J connectivity index is 0.00000288. The quantitative estimate of drug-likeness (QED) is 0.753. The van der Waals surface area contributed by atoms with Gasteiger partial charge in [0, 0.05) is 43.4 Å². The highest BCUT2D eigenvalue weighted by molar-refractivity contribution is 7.09. The van der Waals surface area contributed by atoms with Crippen molar-refractivity contribution in [3.8, 4) is 0 Å². The van der Waals surface area contributed by atoms with Crippen molar-refractivity contribution in [2.75, 3.05) is 19.6 Å². The van der Waals surface area contributed by atoms with Crippen LogP contribution < -0.4 is 11.1 Å². The summed E-state index contributed by atoms with van der Waals surface area (Å²) in [6.07, 6.45) is 3.32. The Kier molecular flexibility index (Phi) is 11.3. The van der Waals surface area contributed by atoms with Gasteiger partial charge < -0.3 is 16.0 Å². The zero-order valence-corrected chi connectivity index (χ0v) is 17.1. The Bertz CT molecular complexity index is 554. The summed E-state index contributed by atoms with van der Waals surface area (Å²) in [5.41, 5.74) is 5.91. The molecule has 0 saturated carbocycles. The molecule has 1 aliphatic rings. The molecule has 0 spiro atoms. The van der Waals surface area contributed by atoms with E-state index in [9.17, 15) is 9.59 Å². The van der Waals surface area contributed by atoms with Crippen LogP contribution in [0.4, 0.5) is 0 Å². The van der Waals surface area contributed by atoms with Gasteiger partial charge in [-0.1, -0.05) is 13.8 Å². The molecule has 6 nitrogen and oxygen atoms in total. The Hall–Kier alpha value is -0.890. The summed E-state index contributed by atoms with van der Waals surface area (Å²) in [5, 5.41) is 5.71. The molecule has 2 heterocycles. The molecule has 25 heavy (non-hydrogen) atoms. The van der Waals surface area contributed by atoms with Gasteiger partial charge in [0.05, 0.1) is 5.01 Å². The van der Waals surface area contributed by atoms with Crippen LogP contribution in [-0.2, 0) is 4.79 Å². The van der Waals surface area contributed by atoms with E-state index in [1.807, 2.05) is 10.3 Å². The largest absolute Gasteiger partial charge is 0.354 e. The zero-order valence-electron chi connectivity index (χ0n) is 14.7. The number of nitrogens with zero attached hydrogens (tertiary/aromatic N) is 2. The van der Waals surface area contributed by atoms with Crippen LogP contribution in [0.3, 0.4) is 0 Å². The van der Waals surface area contributed by atoms with E-state index in [4.69, 9.17) is 5.73 Å². The number of aromatic nitrogens is 1. The van der Waals surface area contributed by atoms with Crippen molar-refractivity contribution in [2.24, 2.45) is 5.73 Å². The van der Waals surface area contributed by atoms with Gasteiger partial charge in [-0.05, 0) is 19.3 Å². The maximum absolute atomic E-state index is 12.8. The average molecular weight is 411 g/mol. The Morgan fingerprint density at radius 3 is 2.72 bits per heavy atom. The highest BCUT2D eigenvalue weighted by Crippen LogP contribution is 2.23. The van der Waals surface area contributed by atoms with Gasteiger partial charge in [-0.2, -0.15) is 0 Å². The van der Waals surface area contributed by atoms with E-state index in [-0.39, 0.29) is 42.7 Å². The number of thiazole rings is 1. The predicted octanol–water partition coefficient (Wildman–Crippen LogP) is 2.57. The molecule has 1 fully saturated rings. The van der Waals surface area contributed by atoms with Gasteiger partial charge in [0.1, 0.15) is 5.69 Å². The SMILES string of the molecule is CC(C)c1nc(C(=O)N2CCCCC2CNC(=O)CCN)cs1.Cl.Cl. The van der Waals surface area contributed by atoms with Crippen molar-refractivity contribution in [3.63, 3.8) is 0 Å². The van der Waals surface area contributed by atoms with Crippen LogP contribution >= 0.6 is 36.2 Å². The second kappa shape index (κ2) is 11.7. The van der Waals surface area contributed by atoms with Gasteiger partial charge in [0.25, 0.3) is 5.91 Å². The highest BCUT2D eigenvalue weighted by Gasteiger charge is 2.29. The third-order valence-electron chi connectivity index (χ3n) is 4.03. The monoisotopic (exact) mass is 410 g/mol. The topological polar surface area (TPSA) is 88.3 Å². The number of likely N-dealkylation sites (tertiary alicyclic amines) is 1. The molecule has 0 radical (unpaired) electrons. The standard InChI is InChI=1S/C16H26N4O2S.2ClH/c1-11(2)15-19-13(10-23-15)16(22)20-8-4-3-5-12(20)9-18-14(21)6-7-17;;/h10-12H,3-9,17H2,1-2H3,(H,18,21);2*1H. The minimum atomic E-state index is -0.0544. The fourth-order valence-electron chi connectivity index (χ4n) is 2.73. The van der Waals surface area contributed by atoms with Gasteiger partial charge in [0.2, 0.25) is 5.91 Å². The van der Waals surface area contributed by atoms with Crippen molar-refractivity contribution >= 4 is 48.0 Å². The summed E-state index contributed by atoms with van der Waals surface area (Å²) < 4.78 is 0. The van der Waals surface area contributed by atoms with E-state index in [0.717, 1.165) is 30.8 Å². The lowest BCUT2D eigenvalue weighted by Crippen LogP contribution is -2.49. The summed E-state index contributed by atoms with van der Waals surface area (Å²) in [6, 6.07) is 0.0437. The molecule has 0 aromatic carbocycles. The van der Waals surface area contributed by atoms with Crippen LogP contribution in [0.15, 0.2) is 5.38 Å². The normalized spacial score (nSPS) is 16.8. The van der Waals surface area contributed by atoms with Crippen LogP contribution in [-0.4, -0.2) is 47.4 Å². The molecule has 144 valence electrons. The molecule has 1 unspecified atom stereocenters. The molecular weight excluding hydrogens is 383 g/mol. The highest BCUT2D eigenvalue weighted by atomic mass is 35.5. The number of amides is 2. The molecule has 1 aromatic rings. The van der Waals surface area contributed by atoms with Crippen molar-refractivity contribution in [1.82, 2.24) is 15.2 Å². The maximum atomic E-state index is 12.8. The van der Waals surface area contributed by atoms with E-state index in [1.54, 1.807) is 0 Å². The lowest BCUT2D eigenvalue weighted by Gasteiger charge is -2.35. The van der Waals surface area contributed by atoms with Crippen LogP contribution in [0.2, 0.25) is 0 Å². The predicted molar refractivity (Wildman–Crippen MR) is 106 cm³/mol. The average Bonchev–Trinajstić information content (AvgIpc) is 3.03. The lowest BCUT2D eigenvalue weighted by atomic mass is 10.0. The van der Waals surface area contributed by atoms with Crippen LogP contribution in [0.5, 0.6) is 0 Å². The van der Waals surface area contributed by atoms with Crippen molar-refractivity contribution < 1.29 is 9.59 Å². The number of hydrogen-bond donors (Lipinski definition) is 2. The fraction of sp³-hybridized carbons (Fsp3) is 0.688. The zero-order chi connectivity index (χ0) is 16.8. The number of hydrogen-bond acceptors (Lipinski definition) is 5. The number of nitrogens with one attached hydrogen (secondary N) is 1. The smallest absolute Gasteiger partial charge is 0.273 e. The second-order valence-electron chi connectivity index (χ2n) is 6.22. The minimum absolute atomic E-state index is 0. The Labute approximate surface area is 165 Å². The Morgan fingerprint density at radius 2 is 2.12 bits per heavy atom. The molecular formula is C16H28Cl2N4O2S. The summed E-state index contributed by atoms with van der Waals surface area (Å²) in [5.74, 6) is 0.251. The van der Waals surface area contributed by atoms with E-state index >= 15 is 0 Å². The first kappa shape index (κ1) is 24.1. The van der Waals surface area contributed by atoms with E-state index < -0.39 is 0 Å². The lowest BCUT2D eigenvalue weighted by molar-refractivity contribution is -0.121. The molecule has 0 bridgehead atoms. The molecule has 1 saturated heterocycles. The number of carbonyl (C=O) groups excluding carboxylic acids is 2. The van der Waals surface area contributed by atoms with Crippen LogP contribution in [0.1, 0.15) is 60.9 Å². The summed E-state index contributed by atoms with van der Waals surface area (Å²) in [6.45, 7) is 5.71. The third kappa shape index (κ3) is 6.73. The van der Waals surface area contributed by atoms with Gasteiger partial charge >= 0.3 is 0 Å². The Morgan fingerprint density at radius 1 is 1.40 bits per heavy atom. The van der Waals surface area contributed by atoms with Gasteiger partial charge in [0.15, 0.2) is 0 Å². The molecule has 0 aliphatic carbocycles. The van der Waals surface area contributed by atoms with Gasteiger partial charge in [-0.15, -0.1) is 36.2 Å². The van der Waals surface area contributed by atoms with Crippen molar-refractivity contribution in [3.05, 3.63) is 16.1 Å². The third-order valence-corrected chi connectivity index (χ3v) is 5.17. The molecule has 2 rings (SSSR count). The number of halogens is 2. The minimum Gasteiger partial charge on any atom is -0.354 e. The van der Waals surface area contributed by atoms with Gasteiger partial charge in [-0.3, -0.25) is 9.59 Å². The number of piperidine rings is 1. The fourth-order valence-corrected chi connectivity index (χ4v) is 3.54. The number of rotatable bonds is 6. The first-order valence-corrected chi connectivity index (χ1v) is 9.14. The number of carbonyl (C=O) groups is 2. The molecule has 1 atom stereocenters. The number of nitrogens with two attached hydrogens (primary N) is 1. The summed E-state index contributed by atoms with van der Waals surface area (Å²) in [7, 11) is 0. The molecule has 2 amide bonds. The van der Waals surface area contributed by atoms with Crippen LogP contribution in [0.25, 0.3) is 0 Å². The summed E-state index contributed by atoms with van der Waals surface area (Å²) >= 11 is 1.53. The van der Waals surface area contributed by atoms with E-state index in [1.165, 1.54) is 11.3 Å². The van der Waals surface area contributed by atoms with E-state index in [0.29, 0.717) is 31.1 Å². The van der Waals surface area contributed by atoms with Crippen molar-refractivity contribution in [2.45, 2.75) is 51.5 Å². The van der Waals surface area contributed by atoms with Crippen LogP contribution in [0, 0.1) is 0 Å². The van der Waals surface area contributed by atoms with E-state index in [2.05, 4.69) is 24.1 Å². The molecule has 1 aromatic heterocycles. The molecule has 1 aliphatic heterocycles. The summed E-state index contributed by atoms with van der Waals surface area (Å²) in [4.78, 5) is 30.7. The molecule has 3 N–H and O–H groups in total. The maximum Gasteiger partial charge on any atom is 0.273 e. The van der Waals surface area contributed by atoms with Crippen molar-refractivity contribution in [1.29, 1.82) is 0 Å². The first-order valence-electron chi connectivity index (χ1n) is 8.26. The second-order valence-corrected chi connectivity index (χ2v) is 7.11. The van der Waals surface area contributed by atoms with Gasteiger partial charge in [-0.25, -0.2) is 4.98 Å².